The van der Waals surface area contributed by atoms with Crippen molar-refractivity contribution in [3.63, 3.8) is 0 Å². The van der Waals surface area contributed by atoms with Crippen molar-refractivity contribution < 1.29 is 4.79 Å². The van der Waals surface area contributed by atoms with E-state index in [1.54, 1.807) is 12.1 Å². The van der Waals surface area contributed by atoms with Crippen LogP contribution in [0.2, 0.25) is 0 Å². The van der Waals surface area contributed by atoms with E-state index in [1.807, 2.05) is 19.1 Å². The number of hydrogen-bond donors (Lipinski definition) is 2. The predicted molar refractivity (Wildman–Crippen MR) is 71.6 cm³/mol. The van der Waals surface area contributed by atoms with Gasteiger partial charge in [0.05, 0.1) is 0 Å². The van der Waals surface area contributed by atoms with E-state index in [4.69, 9.17) is 5.73 Å². The second kappa shape index (κ2) is 5.59. The highest BCUT2D eigenvalue weighted by atomic mass is 32.1. The van der Waals surface area contributed by atoms with Gasteiger partial charge in [-0.25, -0.2) is 4.98 Å². The van der Waals surface area contributed by atoms with Crippen LogP contribution in [-0.4, -0.2) is 15.3 Å². The number of nitrogens with zero attached hydrogens (tertiary/aromatic N) is 2. The zero-order chi connectivity index (χ0) is 13.0. The Kier molecular flexibility index (Phi) is 3.88. The number of amides is 1. The molecular weight excluding hydrogens is 248 g/mol. The number of rotatable bonds is 5. The minimum Gasteiger partial charge on any atom is -0.366 e. The molecule has 0 fully saturated rings. The SMILES string of the molecule is CCc1nsc(NCc2ccc(C(N)=O)cc2)n1. The van der Waals surface area contributed by atoms with Gasteiger partial charge in [0, 0.05) is 30.1 Å². The van der Waals surface area contributed by atoms with Crippen LogP contribution in [-0.2, 0) is 13.0 Å². The molecule has 3 N–H and O–H groups in total. The van der Waals surface area contributed by atoms with E-state index in [1.165, 1.54) is 11.5 Å². The Labute approximate surface area is 109 Å². The molecule has 1 aromatic heterocycles. The van der Waals surface area contributed by atoms with E-state index >= 15 is 0 Å². The van der Waals surface area contributed by atoms with Gasteiger partial charge in [0.2, 0.25) is 11.0 Å². The van der Waals surface area contributed by atoms with Gasteiger partial charge < -0.3 is 11.1 Å². The number of hydrogen-bond acceptors (Lipinski definition) is 5. The lowest BCUT2D eigenvalue weighted by Gasteiger charge is -2.03. The molecule has 0 saturated heterocycles. The van der Waals surface area contributed by atoms with Gasteiger partial charge >= 0.3 is 0 Å². The van der Waals surface area contributed by atoms with Gasteiger partial charge in [0.25, 0.3) is 0 Å². The summed E-state index contributed by atoms with van der Waals surface area (Å²) in [6, 6.07) is 7.18. The van der Waals surface area contributed by atoms with Crippen molar-refractivity contribution >= 4 is 22.6 Å². The Hall–Kier alpha value is -1.95. The minimum absolute atomic E-state index is 0.411. The quantitative estimate of drug-likeness (QED) is 0.861. The third-order valence-electron chi connectivity index (χ3n) is 2.47. The van der Waals surface area contributed by atoms with E-state index < -0.39 is 5.91 Å². The van der Waals surface area contributed by atoms with Crippen molar-refractivity contribution in [2.45, 2.75) is 19.9 Å². The molecule has 18 heavy (non-hydrogen) atoms. The number of aromatic nitrogens is 2. The number of benzene rings is 1. The highest BCUT2D eigenvalue weighted by Gasteiger charge is 2.03. The van der Waals surface area contributed by atoms with Gasteiger partial charge in [-0.05, 0) is 17.7 Å². The normalized spacial score (nSPS) is 10.3. The van der Waals surface area contributed by atoms with E-state index in [0.29, 0.717) is 12.1 Å². The Morgan fingerprint density at radius 2 is 2.11 bits per heavy atom. The first-order valence-electron chi connectivity index (χ1n) is 5.64. The van der Waals surface area contributed by atoms with E-state index in [0.717, 1.165) is 22.9 Å². The molecular formula is C12H14N4OS. The second-order valence-electron chi connectivity index (χ2n) is 3.78. The summed E-state index contributed by atoms with van der Waals surface area (Å²) in [4.78, 5) is 15.2. The molecule has 0 bridgehead atoms. The molecule has 1 heterocycles. The Morgan fingerprint density at radius 3 is 2.67 bits per heavy atom. The summed E-state index contributed by atoms with van der Waals surface area (Å²) in [6.07, 6.45) is 0.839. The molecule has 5 nitrogen and oxygen atoms in total. The van der Waals surface area contributed by atoms with Gasteiger partial charge in [0.1, 0.15) is 5.82 Å². The molecule has 1 amide bonds. The number of primary amides is 1. The monoisotopic (exact) mass is 262 g/mol. The zero-order valence-corrected chi connectivity index (χ0v) is 10.8. The first-order chi connectivity index (χ1) is 8.69. The van der Waals surface area contributed by atoms with E-state index in [2.05, 4.69) is 14.7 Å². The summed E-state index contributed by atoms with van der Waals surface area (Å²) >= 11 is 1.36. The molecule has 2 aromatic rings. The summed E-state index contributed by atoms with van der Waals surface area (Å²) in [6.45, 7) is 2.67. The van der Waals surface area contributed by atoms with Gasteiger partial charge in [0.15, 0.2) is 0 Å². The summed E-state index contributed by atoms with van der Waals surface area (Å²) in [7, 11) is 0. The number of carbonyl (C=O) groups is 1. The van der Waals surface area contributed by atoms with E-state index in [-0.39, 0.29) is 0 Å². The third kappa shape index (κ3) is 3.04. The van der Waals surface area contributed by atoms with Crippen LogP contribution in [0.1, 0.15) is 28.7 Å². The minimum atomic E-state index is -0.411. The van der Waals surface area contributed by atoms with Crippen molar-refractivity contribution in [2.24, 2.45) is 5.73 Å². The fraction of sp³-hybridized carbons (Fsp3) is 0.250. The number of aryl methyl sites for hydroxylation is 1. The van der Waals surface area contributed by atoms with Crippen LogP contribution in [0.25, 0.3) is 0 Å². The molecule has 6 heteroatoms. The molecule has 0 aliphatic rings. The summed E-state index contributed by atoms with van der Waals surface area (Å²) < 4.78 is 4.19. The smallest absolute Gasteiger partial charge is 0.248 e. The van der Waals surface area contributed by atoms with Crippen LogP contribution in [0.4, 0.5) is 5.13 Å². The molecule has 0 aliphatic carbocycles. The number of carbonyl (C=O) groups excluding carboxylic acids is 1. The van der Waals surface area contributed by atoms with Crippen molar-refractivity contribution in [3.8, 4) is 0 Å². The summed E-state index contributed by atoms with van der Waals surface area (Å²) in [5.74, 6) is 0.442. The molecule has 0 unspecified atom stereocenters. The Bertz CT molecular complexity index is 535. The molecule has 1 aromatic carbocycles. The molecule has 0 spiro atoms. The van der Waals surface area contributed by atoms with Gasteiger partial charge in [-0.1, -0.05) is 19.1 Å². The largest absolute Gasteiger partial charge is 0.366 e. The lowest BCUT2D eigenvalue weighted by molar-refractivity contribution is 0.100. The van der Waals surface area contributed by atoms with Crippen LogP contribution in [0.3, 0.4) is 0 Å². The van der Waals surface area contributed by atoms with Crippen molar-refractivity contribution in [2.75, 3.05) is 5.32 Å². The lowest BCUT2D eigenvalue weighted by Crippen LogP contribution is -2.10. The Balaban J connectivity index is 1.95. The fourth-order valence-electron chi connectivity index (χ4n) is 1.43. The summed E-state index contributed by atoms with van der Waals surface area (Å²) in [5.41, 5.74) is 6.76. The first kappa shape index (κ1) is 12.5. The zero-order valence-electron chi connectivity index (χ0n) is 10.0. The average Bonchev–Trinajstić information content (AvgIpc) is 2.85. The molecule has 0 aliphatic heterocycles. The highest BCUT2D eigenvalue weighted by molar-refractivity contribution is 7.09. The summed E-state index contributed by atoms with van der Waals surface area (Å²) in [5, 5.41) is 4.00. The third-order valence-corrected chi connectivity index (χ3v) is 3.18. The van der Waals surface area contributed by atoms with E-state index in [9.17, 15) is 4.79 Å². The maximum atomic E-state index is 10.9. The first-order valence-corrected chi connectivity index (χ1v) is 6.41. The Morgan fingerprint density at radius 1 is 1.39 bits per heavy atom. The number of nitrogens with one attached hydrogen (secondary N) is 1. The molecule has 0 atom stereocenters. The maximum Gasteiger partial charge on any atom is 0.248 e. The van der Waals surface area contributed by atoms with Crippen LogP contribution >= 0.6 is 11.5 Å². The predicted octanol–water partition coefficient (Wildman–Crippen LogP) is 1.81. The van der Waals surface area contributed by atoms with Crippen LogP contribution in [0.5, 0.6) is 0 Å². The maximum absolute atomic E-state index is 10.9. The van der Waals surface area contributed by atoms with Gasteiger partial charge in [-0.2, -0.15) is 4.37 Å². The lowest BCUT2D eigenvalue weighted by atomic mass is 10.1. The fourth-order valence-corrected chi connectivity index (χ4v) is 2.08. The molecule has 0 saturated carbocycles. The molecule has 2 rings (SSSR count). The molecule has 94 valence electrons. The standard InChI is InChI=1S/C12H14N4OS/c1-2-10-15-12(18-16-10)14-7-8-3-5-9(6-4-8)11(13)17/h3-6H,2,7H2,1H3,(H2,13,17)(H,14,15,16). The highest BCUT2D eigenvalue weighted by Crippen LogP contribution is 2.13. The van der Waals surface area contributed by atoms with Crippen LogP contribution in [0, 0.1) is 0 Å². The van der Waals surface area contributed by atoms with Gasteiger partial charge in [-0.3, -0.25) is 4.79 Å². The number of nitrogens with two attached hydrogens (primary N) is 1. The topological polar surface area (TPSA) is 80.9 Å². The van der Waals surface area contributed by atoms with Crippen molar-refractivity contribution in [1.82, 2.24) is 9.36 Å². The van der Waals surface area contributed by atoms with Crippen LogP contribution < -0.4 is 11.1 Å². The van der Waals surface area contributed by atoms with Crippen LogP contribution in [0.15, 0.2) is 24.3 Å². The van der Waals surface area contributed by atoms with Crippen molar-refractivity contribution in [1.29, 1.82) is 0 Å². The van der Waals surface area contributed by atoms with Crippen molar-refractivity contribution in [3.05, 3.63) is 41.2 Å². The second-order valence-corrected chi connectivity index (χ2v) is 4.54. The number of anilines is 1. The molecule has 0 radical (unpaired) electrons. The van der Waals surface area contributed by atoms with Gasteiger partial charge in [-0.15, -0.1) is 0 Å². The average molecular weight is 262 g/mol.